The Labute approximate surface area is 110 Å². The lowest BCUT2D eigenvalue weighted by Crippen LogP contribution is -2.19. The molecule has 102 valence electrons. The van der Waals surface area contributed by atoms with E-state index in [0.717, 1.165) is 18.8 Å². The van der Waals surface area contributed by atoms with E-state index < -0.39 is 0 Å². The molecule has 18 heavy (non-hydrogen) atoms. The molecule has 3 nitrogen and oxygen atoms in total. The van der Waals surface area contributed by atoms with Crippen molar-refractivity contribution in [2.75, 3.05) is 19.9 Å². The molecule has 0 amide bonds. The van der Waals surface area contributed by atoms with E-state index in [9.17, 15) is 0 Å². The van der Waals surface area contributed by atoms with E-state index in [1.165, 1.54) is 11.1 Å². The van der Waals surface area contributed by atoms with Gasteiger partial charge in [-0.15, -0.1) is 0 Å². The second kappa shape index (κ2) is 8.11. The van der Waals surface area contributed by atoms with Crippen molar-refractivity contribution in [3.8, 4) is 5.75 Å². The first-order chi connectivity index (χ1) is 8.63. The molecule has 0 saturated heterocycles. The van der Waals surface area contributed by atoms with Crippen molar-refractivity contribution >= 4 is 0 Å². The van der Waals surface area contributed by atoms with Gasteiger partial charge in [-0.1, -0.05) is 31.5 Å². The van der Waals surface area contributed by atoms with Gasteiger partial charge in [0.1, 0.15) is 5.75 Å². The number of hydrogen-bond acceptors (Lipinski definition) is 3. The lowest BCUT2D eigenvalue weighted by Gasteiger charge is -2.13. The molecule has 1 aromatic carbocycles. The molecular formula is C15H25NO2. The maximum atomic E-state index is 5.63. The van der Waals surface area contributed by atoms with Crippen molar-refractivity contribution in [3.05, 3.63) is 29.3 Å². The molecule has 1 N–H and O–H groups in total. The van der Waals surface area contributed by atoms with Crippen LogP contribution in [0, 0.1) is 12.8 Å². The average Bonchev–Trinajstić information content (AvgIpc) is 2.31. The monoisotopic (exact) mass is 251 g/mol. The fourth-order valence-electron chi connectivity index (χ4n) is 1.67. The third-order valence-electron chi connectivity index (χ3n) is 2.59. The van der Waals surface area contributed by atoms with Crippen LogP contribution in [-0.4, -0.2) is 19.9 Å². The minimum atomic E-state index is 0.316. The molecule has 0 atom stereocenters. The zero-order valence-electron chi connectivity index (χ0n) is 12.0. The van der Waals surface area contributed by atoms with Crippen LogP contribution in [-0.2, 0) is 11.3 Å². The van der Waals surface area contributed by atoms with Gasteiger partial charge in [-0.2, -0.15) is 0 Å². The van der Waals surface area contributed by atoms with Crippen LogP contribution in [0.2, 0.25) is 0 Å². The first kappa shape index (κ1) is 15.0. The molecule has 0 spiro atoms. The molecule has 0 aliphatic heterocycles. The maximum absolute atomic E-state index is 5.63. The van der Waals surface area contributed by atoms with Gasteiger partial charge in [-0.25, -0.2) is 0 Å². The van der Waals surface area contributed by atoms with Crippen molar-refractivity contribution in [1.29, 1.82) is 0 Å². The van der Waals surface area contributed by atoms with Crippen LogP contribution >= 0.6 is 0 Å². The average molecular weight is 251 g/mol. The van der Waals surface area contributed by atoms with E-state index >= 15 is 0 Å². The van der Waals surface area contributed by atoms with E-state index in [2.05, 4.69) is 38.2 Å². The molecule has 0 unspecified atom stereocenters. The Morgan fingerprint density at radius 2 is 2.06 bits per heavy atom. The predicted molar refractivity (Wildman–Crippen MR) is 74.8 cm³/mol. The normalized spacial score (nSPS) is 10.9. The first-order valence-corrected chi connectivity index (χ1v) is 6.64. The Morgan fingerprint density at radius 3 is 2.72 bits per heavy atom. The maximum Gasteiger partial charge on any atom is 0.189 e. The van der Waals surface area contributed by atoms with Gasteiger partial charge in [-0.05, 0) is 32.4 Å². The molecule has 0 heterocycles. The van der Waals surface area contributed by atoms with Crippen LogP contribution in [0.5, 0.6) is 5.75 Å². The molecular weight excluding hydrogens is 226 g/mol. The van der Waals surface area contributed by atoms with E-state index in [1.54, 1.807) is 0 Å². The highest BCUT2D eigenvalue weighted by Gasteiger charge is 2.04. The number of hydrogen-bond donors (Lipinski definition) is 1. The van der Waals surface area contributed by atoms with Gasteiger partial charge in [0, 0.05) is 18.7 Å². The fraction of sp³-hybridized carbons (Fsp3) is 0.600. The molecule has 0 saturated carbocycles. The second-order valence-corrected chi connectivity index (χ2v) is 4.89. The predicted octanol–water partition coefficient (Wildman–Crippen LogP) is 3.11. The Morgan fingerprint density at radius 1 is 1.28 bits per heavy atom. The molecule has 0 fully saturated rings. The highest BCUT2D eigenvalue weighted by atomic mass is 16.7. The number of benzene rings is 1. The smallest absolute Gasteiger partial charge is 0.189 e. The largest absolute Gasteiger partial charge is 0.467 e. The van der Waals surface area contributed by atoms with E-state index in [4.69, 9.17) is 9.47 Å². The number of nitrogens with one attached hydrogen (secondary N) is 1. The van der Waals surface area contributed by atoms with Gasteiger partial charge in [0.05, 0.1) is 0 Å². The molecule has 0 bridgehead atoms. The number of aryl methyl sites for hydroxylation is 1. The minimum absolute atomic E-state index is 0.316. The summed E-state index contributed by atoms with van der Waals surface area (Å²) in [6, 6.07) is 6.24. The number of rotatable bonds is 8. The molecule has 1 rings (SSSR count). The summed E-state index contributed by atoms with van der Waals surface area (Å²) in [6.45, 7) is 11.3. The van der Waals surface area contributed by atoms with Crippen LogP contribution in [0.25, 0.3) is 0 Å². The number of ether oxygens (including phenoxy) is 2. The molecule has 1 aromatic rings. The molecule has 0 radical (unpaired) electrons. The van der Waals surface area contributed by atoms with Crippen molar-refractivity contribution in [1.82, 2.24) is 5.32 Å². The van der Waals surface area contributed by atoms with Gasteiger partial charge in [-0.3, -0.25) is 0 Å². The third kappa shape index (κ3) is 5.52. The van der Waals surface area contributed by atoms with Crippen molar-refractivity contribution in [3.63, 3.8) is 0 Å². The molecule has 0 aliphatic rings. The second-order valence-electron chi connectivity index (χ2n) is 4.89. The van der Waals surface area contributed by atoms with Crippen LogP contribution in [0.3, 0.4) is 0 Å². The summed E-state index contributed by atoms with van der Waals surface area (Å²) in [7, 11) is 0. The van der Waals surface area contributed by atoms with Crippen LogP contribution < -0.4 is 10.1 Å². The van der Waals surface area contributed by atoms with Crippen molar-refractivity contribution in [2.45, 2.75) is 34.2 Å². The lowest BCUT2D eigenvalue weighted by atomic mass is 10.1. The lowest BCUT2D eigenvalue weighted by molar-refractivity contribution is 0.0218. The highest BCUT2D eigenvalue weighted by molar-refractivity contribution is 5.36. The quantitative estimate of drug-likeness (QED) is 0.569. The summed E-state index contributed by atoms with van der Waals surface area (Å²) in [6.07, 6.45) is 0. The highest BCUT2D eigenvalue weighted by Crippen LogP contribution is 2.20. The topological polar surface area (TPSA) is 30.5 Å². The standard InChI is InChI=1S/C15H25NO2/c1-5-17-11-18-15-7-6-13(4)8-14(15)10-16-9-12(2)3/h6-8,12,16H,5,9-11H2,1-4H3. The van der Waals surface area contributed by atoms with Gasteiger partial charge in [0.2, 0.25) is 0 Å². The zero-order chi connectivity index (χ0) is 13.4. The summed E-state index contributed by atoms with van der Waals surface area (Å²) in [4.78, 5) is 0. The first-order valence-electron chi connectivity index (χ1n) is 6.64. The van der Waals surface area contributed by atoms with Crippen LogP contribution in [0.1, 0.15) is 31.9 Å². The van der Waals surface area contributed by atoms with Gasteiger partial charge in [0.25, 0.3) is 0 Å². The van der Waals surface area contributed by atoms with Gasteiger partial charge < -0.3 is 14.8 Å². The minimum Gasteiger partial charge on any atom is -0.467 e. The van der Waals surface area contributed by atoms with Crippen molar-refractivity contribution in [2.24, 2.45) is 5.92 Å². The van der Waals surface area contributed by atoms with E-state index in [0.29, 0.717) is 19.3 Å². The fourth-order valence-corrected chi connectivity index (χ4v) is 1.67. The summed E-state index contributed by atoms with van der Waals surface area (Å²) in [5.74, 6) is 1.56. The Hall–Kier alpha value is -1.06. The van der Waals surface area contributed by atoms with Gasteiger partial charge in [0.15, 0.2) is 6.79 Å². The van der Waals surface area contributed by atoms with Gasteiger partial charge >= 0.3 is 0 Å². The molecule has 0 aliphatic carbocycles. The SMILES string of the molecule is CCOCOc1ccc(C)cc1CNCC(C)C. The van der Waals surface area contributed by atoms with Crippen molar-refractivity contribution < 1.29 is 9.47 Å². The van der Waals surface area contributed by atoms with E-state index in [1.807, 2.05) is 13.0 Å². The summed E-state index contributed by atoms with van der Waals surface area (Å²) < 4.78 is 10.9. The summed E-state index contributed by atoms with van der Waals surface area (Å²) >= 11 is 0. The molecule has 3 heteroatoms. The molecule has 0 aromatic heterocycles. The Balaban J connectivity index is 2.58. The van der Waals surface area contributed by atoms with Crippen LogP contribution in [0.15, 0.2) is 18.2 Å². The Kier molecular flexibility index (Phi) is 6.76. The van der Waals surface area contributed by atoms with Crippen LogP contribution in [0.4, 0.5) is 0 Å². The zero-order valence-corrected chi connectivity index (χ0v) is 12.0. The third-order valence-corrected chi connectivity index (χ3v) is 2.59. The summed E-state index contributed by atoms with van der Waals surface area (Å²) in [5, 5.41) is 3.44. The summed E-state index contributed by atoms with van der Waals surface area (Å²) in [5.41, 5.74) is 2.44. The van der Waals surface area contributed by atoms with E-state index in [-0.39, 0.29) is 0 Å². The Bertz CT molecular complexity index is 350.